The van der Waals surface area contributed by atoms with Gasteiger partial charge in [-0.2, -0.15) is 0 Å². The van der Waals surface area contributed by atoms with Gasteiger partial charge in [-0.1, -0.05) is 194 Å². The van der Waals surface area contributed by atoms with E-state index in [4.69, 9.17) is 8.83 Å². The van der Waals surface area contributed by atoms with Crippen LogP contribution in [0.5, 0.6) is 0 Å². The average Bonchev–Trinajstić information content (AvgIpc) is 4.10. The summed E-state index contributed by atoms with van der Waals surface area (Å²) in [6, 6.07) is 90.0. The quantitative estimate of drug-likeness (QED) is 0.161. The first kappa shape index (κ1) is 39.9. The van der Waals surface area contributed by atoms with Gasteiger partial charge < -0.3 is 8.83 Å². The van der Waals surface area contributed by atoms with Gasteiger partial charge >= 0.3 is 0 Å². The van der Waals surface area contributed by atoms with Crippen molar-refractivity contribution in [1.29, 1.82) is 0 Å². The van der Waals surface area contributed by atoms with Crippen LogP contribution in [0.3, 0.4) is 0 Å². The van der Waals surface area contributed by atoms with Gasteiger partial charge in [0.15, 0.2) is 0 Å². The van der Waals surface area contributed by atoms with Crippen LogP contribution in [0.15, 0.2) is 251 Å². The first-order chi connectivity index (χ1) is 36.7. The number of benzene rings is 14. The fourth-order valence-electron chi connectivity index (χ4n) is 13.1. The van der Waals surface area contributed by atoms with Gasteiger partial charge in [-0.05, 0) is 169 Å². The van der Waals surface area contributed by atoms with Crippen LogP contribution in [0.2, 0.25) is 0 Å². The third-order valence-corrected chi connectivity index (χ3v) is 16.4. The van der Waals surface area contributed by atoms with Gasteiger partial charge in [0.05, 0.1) is 0 Å². The average molecular weight is 937 g/mol. The Balaban J connectivity index is 1.05. The largest absolute Gasteiger partial charge is 0.455 e. The summed E-state index contributed by atoms with van der Waals surface area (Å²) in [6.07, 6.45) is 0. The summed E-state index contributed by atoms with van der Waals surface area (Å²) in [5, 5.41) is 19.4. The summed E-state index contributed by atoms with van der Waals surface area (Å²) in [4.78, 5) is 0. The lowest BCUT2D eigenvalue weighted by molar-refractivity contribution is 0.669. The Morgan fingerprint density at radius 1 is 0.162 bits per heavy atom. The highest BCUT2D eigenvalue weighted by molar-refractivity contribution is 6.29. The molecule has 0 spiro atoms. The molecule has 14 aromatic carbocycles. The van der Waals surface area contributed by atoms with Crippen LogP contribution in [0.25, 0.3) is 175 Å². The maximum atomic E-state index is 6.77. The molecular formula is C72H40O2. The predicted molar refractivity (Wildman–Crippen MR) is 312 cm³/mol. The second-order valence-electron chi connectivity index (χ2n) is 20.2. The van der Waals surface area contributed by atoms with Crippen LogP contribution >= 0.6 is 0 Å². The van der Waals surface area contributed by atoms with Crippen molar-refractivity contribution >= 4 is 109 Å². The van der Waals surface area contributed by atoms with E-state index in [1.54, 1.807) is 0 Å². The molecule has 0 bridgehead atoms. The number of fused-ring (bicyclic) bond motifs is 26. The Morgan fingerprint density at radius 3 is 0.784 bits per heavy atom. The van der Waals surface area contributed by atoms with Crippen molar-refractivity contribution in [2.75, 3.05) is 0 Å². The number of hydrogen-bond donors (Lipinski definition) is 0. The summed E-state index contributed by atoms with van der Waals surface area (Å²) < 4.78 is 13.5. The molecule has 2 heterocycles. The maximum Gasteiger partial charge on any atom is 0.143 e. The van der Waals surface area contributed by atoms with Crippen molar-refractivity contribution in [2.24, 2.45) is 0 Å². The van der Waals surface area contributed by atoms with Crippen molar-refractivity contribution in [1.82, 2.24) is 0 Å². The second kappa shape index (κ2) is 14.9. The molecule has 0 aliphatic heterocycles. The van der Waals surface area contributed by atoms with Gasteiger partial charge in [-0.15, -0.1) is 0 Å². The summed E-state index contributed by atoms with van der Waals surface area (Å²) in [5.74, 6) is 0. The number of rotatable bonds is 2. The molecule has 0 N–H and O–H groups in total. The van der Waals surface area contributed by atoms with Crippen molar-refractivity contribution in [3.05, 3.63) is 243 Å². The highest BCUT2D eigenvalue weighted by atomic mass is 16.3. The first-order valence-corrected chi connectivity index (χ1v) is 25.6. The van der Waals surface area contributed by atoms with E-state index in [0.717, 1.165) is 66.1 Å². The topological polar surface area (TPSA) is 26.3 Å². The molecule has 16 aromatic rings. The van der Waals surface area contributed by atoms with Crippen molar-refractivity contribution in [3.8, 4) is 66.8 Å². The summed E-state index contributed by atoms with van der Waals surface area (Å²) in [5.41, 5.74) is 17.4. The fraction of sp³-hybridized carbons (Fsp3) is 0. The minimum absolute atomic E-state index is 0.892. The summed E-state index contributed by atoms with van der Waals surface area (Å²) in [6.45, 7) is 0. The second-order valence-corrected chi connectivity index (χ2v) is 20.2. The van der Waals surface area contributed by atoms with Gasteiger partial charge in [-0.3, -0.25) is 0 Å². The van der Waals surface area contributed by atoms with Crippen molar-refractivity contribution < 1.29 is 8.83 Å². The van der Waals surface area contributed by atoms with Gasteiger partial charge in [0.25, 0.3) is 0 Å². The van der Waals surface area contributed by atoms with Crippen LogP contribution in [0, 0.1) is 0 Å². The van der Waals surface area contributed by atoms with Crippen LogP contribution in [-0.2, 0) is 0 Å². The lowest BCUT2D eigenvalue weighted by atomic mass is 9.77. The molecule has 2 aromatic heterocycles. The zero-order valence-corrected chi connectivity index (χ0v) is 39.9. The van der Waals surface area contributed by atoms with Crippen molar-refractivity contribution in [2.45, 2.75) is 0 Å². The highest BCUT2D eigenvalue weighted by Crippen LogP contribution is 2.54. The Morgan fingerprint density at radius 2 is 0.432 bits per heavy atom. The van der Waals surface area contributed by atoms with Crippen LogP contribution in [0.4, 0.5) is 0 Å². The smallest absolute Gasteiger partial charge is 0.143 e. The van der Waals surface area contributed by atoms with Crippen LogP contribution < -0.4 is 0 Å². The van der Waals surface area contributed by atoms with E-state index < -0.39 is 0 Å². The Kier molecular flexibility index (Phi) is 8.03. The standard InChI is InChI=1S/C72H40O2/c1-5-19-49-45(15-1)46-16-2-6-20-50(46)62-38-66-54-34-32-42(44-26-14-28-58-56-24-10-12-30-70(56)74-72(44)58)36-60(54)68-40-64-52-22-8-4-18-48(52)47-17-3-7-21-51(47)63(64)39-67(68)59-35-41(31-33-53(59)65(66)37-61(49)62)43-25-13-27-57-55-23-9-11-29-69(55)73-71(43)57/h1-40H. The molecule has 0 radical (unpaired) electrons. The van der Waals surface area contributed by atoms with E-state index in [1.807, 2.05) is 0 Å². The normalized spacial score (nSPS) is 12.3. The molecule has 17 rings (SSSR count). The molecule has 0 saturated carbocycles. The monoisotopic (exact) mass is 936 g/mol. The van der Waals surface area contributed by atoms with Gasteiger partial charge in [-0.25, -0.2) is 0 Å². The Bertz CT molecular complexity index is 4820. The highest BCUT2D eigenvalue weighted by Gasteiger charge is 2.27. The lowest BCUT2D eigenvalue weighted by Gasteiger charge is -2.26. The van der Waals surface area contributed by atoms with E-state index in [0.29, 0.717) is 0 Å². The Hall–Kier alpha value is -9.76. The molecule has 340 valence electrons. The summed E-state index contributed by atoms with van der Waals surface area (Å²) >= 11 is 0. The molecule has 0 unspecified atom stereocenters. The van der Waals surface area contributed by atoms with E-state index in [9.17, 15) is 0 Å². The molecule has 0 atom stereocenters. The molecule has 0 saturated heterocycles. The molecule has 1 aliphatic rings. The van der Waals surface area contributed by atoms with Gasteiger partial charge in [0.1, 0.15) is 22.3 Å². The maximum absolute atomic E-state index is 6.77. The predicted octanol–water partition coefficient (Wildman–Crippen LogP) is 20.7. The molecular weight excluding hydrogens is 897 g/mol. The zero-order valence-electron chi connectivity index (χ0n) is 39.9. The minimum atomic E-state index is 0.892. The first-order valence-electron chi connectivity index (χ1n) is 25.6. The third kappa shape index (κ3) is 5.49. The van der Waals surface area contributed by atoms with Crippen LogP contribution in [0.1, 0.15) is 0 Å². The molecule has 74 heavy (non-hydrogen) atoms. The fourth-order valence-corrected chi connectivity index (χ4v) is 13.1. The lowest BCUT2D eigenvalue weighted by Crippen LogP contribution is -2.00. The van der Waals surface area contributed by atoms with Gasteiger partial charge in [0, 0.05) is 32.7 Å². The molecule has 0 amide bonds. The van der Waals surface area contributed by atoms with E-state index >= 15 is 0 Å². The molecule has 1 aliphatic carbocycles. The Labute approximate surface area is 424 Å². The summed E-state index contributed by atoms with van der Waals surface area (Å²) in [7, 11) is 0. The minimum Gasteiger partial charge on any atom is -0.455 e. The molecule has 0 fully saturated rings. The zero-order chi connectivity index (χ0) is 48.2. The van der Waals surface area contributed by atoms with Crippen molar-refractivity contribution in [3.63, 3.8) is 0 Å². The number of hydrogen-bond acceptors (Lipinski definition) is 2. The third-order valence-electron chi connectivity index (χ3n) is 16.4. The van der Waals surface area contributed by atoms with E-state index in [-0.39, 0.29) is 0 Å². The number of para-hydroxylation sites is 4. The molecule has 2 heteroatoms. The van der Waals surface area contributed by atoms with Crippen LogP contribution in [-0.4, -0.2) is 0 Å². The number of furan rings is 2. The molecule has 2 nitrogen and oxygen atoms in total. The van der Waals surface area contributed by atoms with E-state index in [2.05, 4.69) is 243 Å². The SMILES string of the molecule is c1ccc2c(c1)oc1c(-c3ccc4c(c3)-c3cc5c6ccccc6c6ccccc6c5cc3-c3cc(-c5cccc6c5oc5ccccc56)ccc3-c3cc5c6ccccc6c6ccccc6c5cc3-4)cccc12. The van der Waals surface area contributed by atoms with E-state index in [1.165, 1.54) is 109 Å². The van der Waals surface area contributed by atoms with Gasteiger partial charge in [0.2, 0.25) is 0 Å².